The van der Waals surface area contributed by atoms with Crippen LogP contribution < -0.4 is 5.32 Å². The standard InChI is InChI=1S/C17H29N3O/c1-4-15(3)19-17(20-11-8-14(2)9-12-20)18-10-7-16-6-5-13-21-16/h5-6,13-15H,4,7-12H2,1-3H3,(H,18,19). The van der Waals surface area contributed by atoms with Gasteiger partial charge in [0, 0.05) is 32.1 Å². The van der Waals surface area contributed by atoms with Gasteiger partial charge in [0.1, 0.15) is 5.76 Å². The summed E-state index contributed by atoms with van der Waals surface area (Å²) in [5.41, 5.74) is 0. The quantitative estimate of drug-likeness (QED) is 0.668. The molecule has 0 aromatic carbocycles. The van der Waals surface area contributed by atoms with Gasteiger partial charge in [-0.25, -0.2) is 0 Å². The molecule has 21 heavy (non-hydrogen) atoms. The fraction of sp³-hybridized carbons (Fsp3) is 0.706. The Morgan fingerprint density at radius 1 is 1.48 bits per heavy atom. The largest absolute Gasteiger partial charge is 0.469 e. The zero-order valence-electron chi connectivity index (χ0n) is 13.6. The molecule has 0 saturated carbocycles. The van der Waals surface area contributed by atoms with E-state index in [0.29, 0.717) is 6.04 Å². The van der Waals surface area contributed by atoms with Gasteiger partial charge in [0.05, 0.1) is 6.26 Å². The van der Waals surface area contributed by atoms with Gasteiger partial charge in [-0.1, -0.05) is 13.8 Å². The van der Waals surface area contributed by atoms with Gasteiger partial charge in [-0.2, -0.15) is 0 Å². The van der Waals surface area contributed by atoms with Crippen LogP contribution in [0.15, 0.2) is 27.8 Å². The summed E-state index contributed by atoms with van der Waals surface area (Å²) in [6.07, 6.45) is 6.23. The number of nitrogens with zero attached hydrogens (tertiary/aromatic N) is 2. The zero-order chi connectivity index (χ0) is 15.1. The van der Waals surface area contributed by atoms with Crippen molar-refractivity contribution in [3.8, 4) is 0 Å². The highest BCUT2D eigenvalue weighted by Crippen LogP contribution is 2.16. The summed E-state index contributed by atoms with van der Waals surface area (Å²) in [7, 11) is 0. The highest BCUT2D eigenvalue weighted by molar-refractivity contribution is 5.80. The Hall–Kier alpha value is -1.45. The first-order valence-corrected chi connectivity index (χ1v) is 8.27. The molecule has 0 aliphatic carbocycles. The summed E-state index contributed by atoms with van der Waals surface area (Å²) in [6.45, 7) is 9.77. The molecule has 2 rings (SSSR count). The SMILES string of the molecule is CCC(C)NC(=NCCc1ccco1)N1CCC(C)CC1. The Morgan fingerprint density at radius 3 is 2.86 bits per heavy atom. The van der Waals surface area contributed by atoms with Crippen LogP contribution in [-0.2, 0) is 6.42 Å². The lowest BCUT2D eigenvalue weighted by atomic mass is 9.99. The fourth-order valence-corrected chi connectivity index (χ4v) is 2.51. The van der Waals surface area contributed by atoms with Crippen molar-refractivity contribution < 1.29 is 4.42 Å². The van der Waals surface area contributed by atoms with Crippen LogP contribution in [0.5, 0.6) is 0 Å². The number of likely N-dealkylation sites (tertiary alicyclic amines) is 1. The highest BCUT2D eigenvalue weighted by atomic mass is 16.3. The van der Waals surface area contributed by atoms with Crippen LogP contribution in [0.25, 0.3) is 0 Å². The molecule has 4 nitrogen and oxygen atoms in total. The normalized spacial score (nSPS) is 18.8. The van der Waals surface area contributed by atoms with Gasteiger partial charge in [0.2, 0.25) is 0 Å². The van der Waals surface area contributed by atoms with Crippen molar-refractivity contribution in [2.45, 2.75) is 52.5 Å². The third kappa shape index (κ3) is 5.10. The Morgan fingerprint density at radius 2 is 2.24 bits per heavy atom. The van der Waals surface area contributed by atoms with E-state index in [9.17, 15) is 0 Å². The van der Waals surface area contributed by atoms with E-state index in [2.05, 4.69) is 31.0 Å². The minimum atomic E-state index is 0.465. The smallest absolute Gasteiger partial charge is 0.194 e. The maximum Gasteiger partial charge on any atom is 0.194 e. The second-order valence-corrected chi connectivity index (χ2v) is 6.16. The number of hydrogen-bond donors (Lipinski definition) is 1. The van der Waals surface area contributed by atoms with E-state index >= 15 is 0 Å². The monoisotopic (exact) mass is 291 g/mol. The van der Waals surface area contributed by atoms with E-state index in [1.165, 1.54) is 12.8 Å². The van der Waals surface area contributed by atoms with Crippen molar-refractivity contribution in [1.82, 2.24) is 10.2 Å². The summed E-state index contributed by atoms with van der Waals surface area (Å²) >= 11 is 0. The Kier molecular flexibility index (Phi) is 6.15. The Balaban J connectivity index is 1.93. The molecule has 1 aliphatic rings. The van der Waals surface area contributed by atoms with Crippen molar-refractivity contribution in [3.63, 3.8) is 0 Å². The van der Waals surface area contributed by atoms with Crippen LogP contribution in [0, 0.1) is 5.92 Å². The molecule has 1 aliphatic heterocycles. The predicted molar refractivity (Wildman–Crippen MR) is 87.6 cm³/mol. The molecule has 0 amide bonds. The molecule has 4 heteroatoms. The molecule has 1 atom stereocenters. The van der Waals surface area contributed by atoms with Gasteiger partial charge in [0.15, 0.2) is 5.96 Å². The van der Waals surface area contributed by atoms with Crippen molar-refractivity contribution in [1.29, 1.82) is 0 Å². The molecule has 1 aromatic heterocycles. The molecule has 1 saturated heterocycles. The number of guanidine groups is 1. The van der Waals surface area contributed by atoms with Crippen LogP contribution in [0.1, 0.15) is 45.8 Å². The molecule has 118 valence electrons. The molecule has 1 unspecified atom stereocenters. The number of piperidine rings is 1. The van der Waals surface area contributed by atoms with Gasteiger partial charge in [-0.15, -0.1) is 0 Å². The second kappa shape index (κ2) is 8.11. The molecule has 0 spiro atoms. The average Bonchev–Trinajstić information content (AvgIpc) is 3.00. The van der Waals surface area contributed by atoms with Crippen molar-refractivity contribution in [2.75, 3.05) is 19.6 Å². The third-order valence-electron chi connectivity index (χ3n) is 4.27. The van der Waals surface area contributed by atoms with E-state index in [0.717, 1.165) is 50.1 Å². The molecule has 0 radical (unpaired) electrons. The number of nitrogens with one attached hydrogen (secondary N) is 1. The van der Waals surface area contributed by atoms with Crippen LogP contribution in [-0.4, -0.2) is 36.5 Å². The number of aliphatic imine (C=N–C) groups is 1. The second-order valence-electron chi connectivity index (χ2n) is 6.16. The zero-order valence-corrected chi connectivity index (χ0v) is 13.6. The first kappa shape index (κ1) is 15.9. The lowest BCUT2D eigenvalue weighted by molar-refractivity contribution is 0.271. The maximum atomic E-state index is 5.37. The lowest BCUT2D eigenvalue weighted by Gasteiger charge is -2.34. The highest BCUT2D eigenvalue weighted by Gasteiger charge is 2.19. The van der Waals surface area contributed by atoms with Crippen molar-refractivity contribution in [2.24, 2.45) is 10.9 Å². The van der Waals surface area contributed by atoms with Gasteiger partial charge in [-0.3, -0.25) is 4.99 Å². The van der Waals surface area contributed by atoms with Crippen LogP contribution in [0.3, 0.4) is 0 Å². The van der Waals surface area contributed by atoms with Crippen molar-refractivity contribution in [3.05, 3.63) is 24.2 Å². The third-order valence-corrected chi connectivity index (χ3v) is 4.27. The van der Waals surface area contributed by atoms with Crippen LogP contribution >= 0.6 is 0 Å². The van der Waals surface area contributed by atoms with Gasteiger partial charge >= 0.3 is 0 Å². The number of rotatable bonds is 5. The summed E-state index contributed by atoms with van der Waals surface area (Å²) in [5, 5.41) is 3.58. The van der Waals surface area contributed by atoms with E-state index in [1.807, 2.05) is 12.1 Å². The molecule has 1 fully saturated rings. The Labute approximate surface area is 128 Å². The van der Waals surface area contributed by atoms with E-state index in [-0.39, 0.29) is 0 Å². The minimum absolute atomic E-state index is 0.465. The fourth-order valence-electron chi connectivity index (χ4n) is 2.51. The van der Waals surface area contributed by atoms with Crippen molar-refractivity contribution >= 4 is 5.96 Å². The van der Waals surface area contributed by atoms with Gasteiger partial charge in [-0.05, 0) is 44.2 Å². The summed E-state index contributed by atoms with van der Waals surface area (Å²) in [4.78, 5) is 7.22. The molecule has 0 bridgehead atoms. The summed E-state index contributed by atoms with van der Waals surface area (Å²) in [5.74, 6) is 2.92. The molecular formula is C17H29N3O. The maximum absolute atomic E-state index is 5.37. The summed E-state index contributed by atoms with van der Waals surface area (Å²) in [6, 6.07) is 4.41. The number of hydrogen-bond acceptors (Lipinski definition) is 2. The molecule has 1 aromatic rings. The van der Waals surface area contributed by atoms with Gasteiger partial charge in [0.25, 0.3) is 0 Å². The first-order valence-electron chi connectivity index (χ1n) is 8.27. The molecule has 1 N–H and O–H groups in total. The Bertz CT molecular complexity index is 419. The lowest BCUT2D eigenvalue weighted by Crippen LogP contribution is -2.48. The first-order chi connectivity index (χ1) is 10.2. The van der Waals surface area contributed by atoms with Crippen LogP contribution in [0.2, 0.25) is 0 Å². The topological polar surface area (TPSA) is 40.8 Å². The summed E-state index contributed by atoms with van der Waals surface area (Å²) < 4.78 is 5.37. The number of furan rings is 1. The van der Waals surface area contributed by atoms with Crippen LogP contribution in [0.4, 0.5) is 0 Å². The van der Waals surface area contributed by atoms with E-state index in [1.54, 1.807) is 6.26 Å². The predicted octanol–water partition coefficient (Wildman–Crippen LogP) is 3.30. The average molecular weight is 291 g/mol. The minimum Gasteiger partial charge on any atom is -0.469 e. The van der Waals surface area contributed by atoms with Gasteiger partial charge < -0.3 is 14.6 Å². The molecule has 2 heterocycles. The molecular weight excluding hydrogens is 262 g/mol. The van der Waals surface area contributed by atoms with E-state index < -0.39 is 0 Å². The van der Waals surface area contributed by atoms with E-state index in [4.69, 9.17) is 9.41 Å².